The van der Waals surface area contributed by atoms with Crippen LogP contribution in [0.25, 0.3) is 0 Å². The number of hydrogen-bond donors (Lipinski definition) is 3. The first-order valence-electron chi connectivity index (χ1n) is 6.37. The van der Waals surface area contributed by atoms with Crippen LogP contribution in [0.1, 0.15) is 26.2 Å². The number of hydrogen-bond acceptors (Lipinski definition) is 3. The molecule has 0 aromatic carbocycles. The summed E-state index contributed by atoms with van der Waals surface area (Å²) in [5.74, 6) is 1.12. The molecular formula is C13H21N3O3. The highest BCUT2D eigenvalue weighted by molar-refractivity contribution is 5.82. The minimum atomic E-state index is -1.12. The monoisotopic (exact) mass is 267 g/mol. The predicted molar refractivity (Wildman–Crippen MR) is 71.7 cm³/mol. The summed E-state index contributed by atoms with van der Waals surface area (Å²) in [4.78, 5) is 24.8. The van der Waals surface area contributed by atoms with Crippen LogP contribution in [0, 0.1) is 12.3 Å². The minimum absolute atomic E-state index is 0.0213. The van der Waals surface area contributed by atoms with E-state index in [4.69, 9.17) is 11.5 Å². The molecule has 0 saturated carbocycles. The number of piperidine rings is 1. The maximum absolute atomic E-state index is 11.7. The minimum Gasteiger partial charge on any atom is -0.480 e. The molecular weight excluding hydrogens is 246 g/mol. The van der Waals surface area contributed by atoms with E-state index in [9.17, 15) is 9.59 Å². The van der Waals surface area contributed by atoms with Gasteiger partial charge in [0.1, 0.15) is 6.04 Å². The van der Waals surface area contributed by atoms with Gasteiger partial charge in [0.2, 0.25) is 0 Å². The number of nitrogens with one attached hydrogen (secondary N) is 2. The van der Waals surface area contributed by atoms with Crippen molar-refractivity contribution in [2.45, 2.75) is 44.3 Å². The highest BCUT2D eigenvalue weighted by atomic mass is 16.4. The van der Waals surface area contributed by atoms with Crippen LogP contribution in [0.5, 0.6) is 0 Å². The highest BCUT2D eigenvalue weighted by Crippen LogP contribution is 2.15. The van der Waals surface area contributed by atoms with Crippen LogP contribution in [0.15, 0.2) is 0 Å². The third-order valence-corrected chi connectivity index (χ3v) is 3.47. The van der Waals surface area contributed by atoms with Crippen molar-refractivity contribution < 1.29 is 14.7 Å². The number of likely N-dealkylation sites (tertiary alicyclic amines) is 1. The molecule has 6 nitrogen and oxygen atoms in total. The van der Waals surface area contributed by atoms with Crippen LogP contribution >= 0.6 is 0 Å². The lowest BCUT2D eigenvalue weighted by Gasteiger charge is -2.35. The standard InChI is InChI=1S/C13H21N3O3/c1-4-5-11(12(17)18)15-13(19)14-10-6-7-16(3)9(2)8-10/h1,9-11H,5-8H2,2-3H3,(H,17,18)(H2,14,15,19). The van der Waals surface area contributed by atoms with Gasteiger partial charge in [-0.05, 0) is 26.8 Å². The van der Waals surface area contributed by atoms with Crippen molar-refractivity contribution in [1.29, 1.82) is 0 Å². The van der Waals surface area contributed by atoms with Gasteiger partial charge in [0.25, 0.3) is 0 Å². The second-order valence-corrected chi connectivity index (χ2v) is 4.97. The van der Waals surface area contributed by atoms with E-state index in [2.05, 4.69) is 28.4 Å². The summed E-state index contributed by atoms with van der Waals surface area (Å²) in [7, 11) is 2.05. The summed E-state index contributed by atoms with van der Waals surface area (Å²) in [6.45, 7) is 3.02. The fourth-order valence-corrected chi connectivity index (χ4v) is 2.12. The Morgan fingerprint density at radius 1 is 1.58 bits per heavy atom. The van der Waals surface area contributed by atoms with E-state index in [1.807, 2.05) is 7.05 Å². The maximum Gasteiger partial charge on any atom is 0.327 e. The number of terminal acetylenes is 1. The van der Waals surface area contributed by atoms with Gasteiger partial charge in [0.05, 0.1) is 0 Å². The quantitative estimate of drug-likeness (QED) is 0.638. The zero-order valence-corrected chi connectivity index (χ0v) is 11.3. The molecule has 19 heavy (non-hydrogen) atoms. The topological polar surface area (TPSA) is 81.7 Å². The van der Waals surface area contributed by atoms with Crippen molar-refractivity contribution in [2.24, 2.45) is 0 Å². The molecule has 1 heterocycles. The number of carboxylic acid groups (broad SMARTS) is 1. The van der Waals surface area contributed by atoms with Crippen LogP contribution < -0.4 is 10.6 Å². The van der Waals surface area contributed by atoms with Crippen molar-refractivity contribution in [3.63, 3.8) is 0 Å². The molecule has 1 aliphatic heterocycles. The zero-order chi connectivity index (χ0) is 14.4. The van der Waals surface area contributed by atoms with Gasteiger partial charge in [0.15, 0.2) is 0 Å². The van der Waals surface area contributed by atoms with Crippen molar-refractivity contribution in [3.8, 4) is 12.3 Å². The Labute approximate surface area is 113 Å². The number of amides is 2. The Kier molecular flexibility index (Phi) is 5.64. The summed E-state index contributed by atoms with van der Waals surface area (Å²) < 4.78 is 0. The fourth-order valence-electron chi connectivity index (χ4n) is 2.12. The summed E-state index contributed by atoms with van der Waals surface area (Å²) in [5, 5.41) is 14.1. The first-order valence-corrected chi connectivity index (χ1v) is 6.37. The van der Waals surface area contributed by atoms with Gasteiger partial charge in [-0.1, -0.05) is 0 Å². The summed E-state index contributed by atoms with van der Waals surface area (Å²) in [6.07, 6.45) is 6.77. The molecule has 0 radical (unpaired) electrons. The van der Waals surface area contributed by atoms with E-state index in [-0.39, 0.29) is 12.5 Å². The lowest BCUT2D eigenvalue weighted by atomic mass is 9.99. The Morgan fingerprint density at radius 2 is 2.26 bits per heavy atom. The molecule has 0 spiro atoms. The molecule has 3 atom stereocenters. The third kappa shape index (κ3) is 4.79. The fraction of sp³-hybridized carbons (Fsp3) is 0.692. The number of rotatable bonds is 4. The van der Waals surface area contributed by atoms with E-state index in [1.165, 1.54) is 0 Å². The molecule has 3 unspecified atom stereocenters. The van der Waals surface area contributed by atoms with Crippen LogP contribution in [0.2, 0.25) is 0 Å². The van der Waals surface area contributed by atoms with E-state index in [1.54, 1.807) is 0 Å². The van der Waals surface area contributed by atoms with Crippen LogP contribution in [-0.2, 0) is 4.79 Å². The van der Waals surface area contributed by atoms with Crippen LogP contribution in [-0.4, -0.2) is 53.7 Å². The smallest absolute Gasteiger partial charge is 0.327 e. The average Bonchev–Trinajstić information content (AvgIpc) is 2.33. The molecule has 0 bridgehead atoms. The lowest BCUT2D eigenvalue weighted by Crippen LogP contribution is -2.52. The Hall–Kier alpha value is -1.74. The van der Waals surface area contributed by atoms with Crippen molar-refractivity contribution in [2.75, 3.05) is 13.6 Å². The van der Waals surface area contributed by atoms with Crippen LogP contribution in [0.3, 0.4) is 0 Å². The Bertz CT molecular complexity index is 378. The predicted octanol–water partition coefficient (Wildman–Crippen LogP) is 0.245. The second-order valence-electron chi connectivity index (χ2n) is 4.97. The zero-order valence-electron chi connectivity index (χ0n) is 11.3. The van der Waals surface area contributed by atoms with E-state index < -0.39 is 18.0 Å². The van der Waals surface area contributed by atoms with Gasteiger partial charge in [-0.2, -0.15) is 0 Å². The first-order chi connectivity index (χ1) is 8.93. The van der Waals surface area contributed by atoms with Crippen molar-refractivity contribution in [3.05, 3.63) is 0 Å². The molecule has 1 fully saturated rings. The molecule has 3 N–H and O–H groups in total. The van der Waals surface area contributed by atoms with Gasteiger partial charge in [-0.15, -0.1) is 12.3 Å². The highest BCUT2D eigenvalue weighted by Gasteiger charge is 2.25. The van der Waals surface area contributed by atoms with E-state index in [0.717, 1.165) is 19.4 Å². The average molecular weight is 267 g/mol. The Morgan fingerprint density at radius 3 is 2.79 bits per heavy atom. The summed E-state index contributed by atoms with van der Waals surface area (Å²) in [6, 6.07) is -1.02. The van der Waals surface area contributed by atoms with Crippen molar-refractivity contribution >= 4 is 12.0 Å². The number of carbonyl (C=O) groups is 2. The third-order valence-electron chi connectivity index (χ3n) is 3.47. The molecule has 0 aromatic rings. The molecule has 106 valence electrons. The van der Waals surface area contributed by atoms with Gasteiger partial charge in [0, 0.05) is 25.0 Å². The normalized spacial score (nSPS) is 25.1. The molecule has 1 aliphatic rings. The SMILES string of the molecule is C#CCC(NC(=O)NC1CCN(C)C(C)C1)C(=O)O. The number of urea groups is 1. The maximum atomic E-state index is 11.7. The largest absolute Gasteiger partial charge is 0.480 e. The summed E-state index contributed by atoms with van der Waals surface area (Å²) in [5.41, 5.74) is 0. The molecule has 0 aliphatic carbocycles. The molecule has 6 heteroatoms. The summed E-state index contributed by atoms with van der Waals surface area (Å²) >= 11 is 0. The number of carboxylic acids is 1. The molecule has 0 aromatic heterocycles. The van der Waals surface area contributed by atoms with E-state index >= 15 is 0 Å². The molecule has 1 rings (SSSR count). The lowest BCUT2D eigenvalue weighted by molar-refractivity contribution is -0.139. The van der Waals surface area contributed by atoms with E-state index in [0.29, 0.717) is 6.04 Å². The first kappa shape index (κ1) is 15.3. The van der Waals surface area contributed by atoms with Gasteiger partial charge >= 0.3 is 12.0 Å². The van der Waals surface area contributed by atoms with Gasteiger partial charge < -0.3 is 20.6 Å². The Balaban J connectivity index is 2.42. The van der Waals surface area contributed by atoms with Gasteiger partial charge in [-0.25, -0.2) is 9.59 Å². The van der Waals surface area contributed by atoms with Crippen LogP contribution in [0.4, 0.5) is 4.79 Å². The molecule has 2 amide bonds. The number of nitrogens with zero attached hydrogens (tertiary/aromatic N) is 1. The van der Waals surface area contributed by atoms with Gasteiger partial charge in [-0.3, -0.25) is 0 Å². The second kappa shape index (κ2) is 7.00. The van der Waals surface area contributed by atoms with Crippen molar-refractivity contribution in [1.82, 2.24) is 15.5 Å². The number of aliphatic carboxylic acids is 1. The molecule has 1 saturated heterocycles. The number of carbonyl (C=O) groups excluding carboxylic acids is 1.